The summed E-state index contributed by atoms with van der Waals surface area (Å²) in [6.45, 7) is 7.10. The number of benzene rings is 1. The van der Waals surface area contributed by atoms with Gasteiger partial charge in [0.1, 0.15) is 12.4 Å². The first kappa shape index (κ1) is 21.4. The van der Waals surface area contributed by atoms with E-state index in [9.17, 15) is 8.78 Å². The Morgan fingerprint density at radius 2 is 2.19 bits per heavy atom. The van der Waals surface area contributed by atoms with Gasteiger partial charge in [0.05, 0.1) is 19.8 Å². The van der Waals surface area contributed by atoms with Crippen LogP contribution in [0.25, 0.3) is 0 Å². The van der Waals surface area contributed by atoms with Crippen molar-refractivity contribution < 1.29 is 23.0 Å². The van der Waals surface area contributed by atoms with Crippen molar-refractivity contribution in [2.45, 2.75) is 19.8 Å². The predicted octanol–water partition coefficient (Wildman–Crippen LogP) is 2.34. The molecule has 0 radical (unpaired) electrons. The Labute approximate surface area is 159 Å². The lowest BCUT2D eigenvalue weighted by molar-refractivity contribution is 0.0893. The number of rotatable bonds is 11. The van der Waals surface area contributed by atoms with E-state index in [4.69, 9.17) is 14.2 Å². The van der Waals surface area contributed by atoms with Gasteiger partial charge in [0.25, 0.3) is 0 Å². The van der Waals surface area contributed by atoms with E-state index in [0.717, 1.165) is 45.3 Å². The molecule has 8 heteroatoms. The third kappa shape index (κ3) is 8.53. The van der Waals surface area contributed by atoms with Gasteiger partial charge in [-0.1, -0.05) is 0 Å². The van der Waals surface area contributed by atoms with Crippen LogP contribution < -0.4 is 15.4 Å². The van der Waals surface area contributed by atoms with E-state index in [1.54, 1.807) is 0 Å². The zero-order valence-electron chi connectivity index (χ0n) is 15.8. The minimum Gasteiger partial charge on any atom is -0.489 e. The van der Waals surface area contributed by atoms with Crippen molar-refractivity contribution in [3.63, 3.8) is 0 Å². The number of aliphatic imine (C=N–C) groups is 1. The minimum atomic E-state index is -0.709. The number of halogens is 2. The summed E-state index contributed by atoms with van der Waals surface area (Å²) in [4.78, 5) is 4.47. The first-order valence-corrected chi connectivity index (χ1v) is 9.44. The van der Waals surface area contributed by atoms with Crippen LogP contribution in [-0.2, 0) is 9.47 Å². The molecule has 6 nitrogen and oxygen atoms in total. The molecule has 1 aromatic rings. The smallest absolute Gasteiger partial charge is 0.191 e. The highest BCUT2D eigenvalue weighted by Crippen LogP contribution is 2.17. The average Bonchev–Trinajstić information content (AvgIpc) is 3.16. The summed E-state index contributed by atoms with van der Waals surface area (Å²) in [5.74, 6) is -0.104. The van der Waals surface area contributed by atoms with Gasteiger partial charge in [-0.3, -0.25) is 4.99 Å². The number of nitrogens with zero attached hydrogens (tertiary/aromatic N) is 1. The lowest BCUT2D eigenvalue weighted by Crippen LogP contribution is -2.39. The third-order valence-corrected chi connectivity index (χ3v) is 3.98. The van der Waals surface area contributed by atoms with Crippen molar-refractivity contribution in [1.82, 2.24) is 10.6 Å². The van der Waals surface area contributed by atoms with Crippen molar-refractivity contribution >= 4 is 5.96 Å². The number of nitrogens with one attached hydrogen (secondary N) is 2. The zero-order valence-corrected chi connectivity index (χ0v) is 15.8. The Hall–Kier alpha value is -1.93. The van der Waals surface area contributed by atoms with Crippen LogP contribution in [0.3, 0.4) is 0 Å². The van der Waals surface area contributed by atoms with Gasteiger partial charge in [0.2, 0.25) is 0 Å². The predicted molar refractivity (Wildman–Crippen MR) is 100 cm³/mol. The molecule has 1 unspecified atom stereocenters. The molecule has 2 N–H and O–H groups in total. The van der Waals surface area contributed by atoms with Gasteiger partial charge >= 0.3 is 0 Å². The van der Waals surface area contributed by atoms with E-state index in [-0.39, 0.29) is 12.4 Å². The van der Waals surface area contributed by atoms with Crippen LogP contribution >= 0.6 is 0 Å². The second-order valence-corrected chi connectivity index (χ2v) is 6.27. The summed E-state index contributed by atoms with van der Waals surface area (Å²) in [5.41, 5.74) is 0. The van der Waals surface area contributed by atoms with Gasteiger partial charge in [0, 0.05) is 38.3 Å². The Morgan fingerprint density at radius 3 is 2.93 bits per heavy atom. The summed E-state index contributed by atoms with van der Waals surface area (Å²) < 4.78 is 42.6. The second-order valence-electron chi connectivity index (χ2n) is 6.27. The van der Waals surface area contributed by atoms with Crippen LogP contribution in [0.2, 0.25) is 0 Å². The fraction of sp³-hybridized carbons (Fsp3) is 0.632. The maximum Gasteiger partial charge on any atom is 0.191 e. The standard InChI is InChI=1S/C19H29F2N3O3/c1-2-22-19(23-7-3-9-25-13-15-6-10-26-14-15)24-8-11-27-18-5-4-16(20)12-17(18)21/h4-5,12,15H,2-3,6-11,13-14H2,1H3,(H2,22,23,24). The highest BCUT2D eigenvalue weighted by Gasteiger charge is 2.15. The van der Waals surface area contributed by atoms with E-state index >= 15 is 0 Å². The first-order valence-electron chi connectivity index (χ1n) is 9.44. The molecule has 152 valence electrons. The van der Waals surface area contributed by atoms with Gasteiger partial charge in [-0.2, -0.15) is 0 Å². The number of hydrogen-bond acceptors (Lipinski definition) is 4. The van der Waals surface area contributed by atoms with Crippen molar-refractivity contribution in [1.29, 1.82) is 0 Å². The van der Waals surface area contributed by atoms with E-state index < -0.39 is 11.6 Å². The van der Waals surface area contributed by atoms with Crippen molar-refractivity contribution in [2.24, 2.45) is 10.9 Å². The molecule has 1 heterocycles. The Balaban J connectivity index is 1.59. The van der Waals surface area contributed by atoms with Crippen LogP contribution in [0.5, 0.6) is 5.75 Å². The number of ether oxygens (including phenoxy) is 3. The average molecular weight is 385 g/mol. The van der Waals surface area contributed by atoms with Crippen LogP contribution in [0.1, 0.15) is 19.8 Å². The van der Waals surface area contributed by atoms with Gasteiger partial charge in [-0.05, 0) is 31.9 Å². The fourth-order valence-electron chi connectivity index (χ4n) is 2.59. The largest absolute Gasteiger partial charge is 0.489 e. The molecule has 1 aliphatic heterocycles. The molecule has 0 spiro atoms. The van der Waals surface area contributed by atoms with Crippen LogP contribution in [0, 0.1) is 17.6 Å². The summed E-state index contributed by atoms with van der Waals surface area (Å²) in [7, 11) is 0. The zero-order chi connectivity index (χ0) is 19.3. The quantitative estimate of drug-likeness (QED) is 0.348. The van der Waals surface area contributed by atoms with Crippen LogP contribution in [0.15, 0.2) is 23.2 Å². The van der Waals surface area contributed by atoms with Crippen molar-refractivity contribution in [3.05, 3.63) is 29.8 Å². The van der Waals surface area contributed by atoms with Crippen molar-refractivity contribution in [3.8, 4) is 5.75 Å². The van der Waals surface area contributed by atoms with Gasteiger partial charge in [0.15, 0.2) is 17.5 Å². The monoisotopic (exact) mass is 385 g/mol. The molecule has 0 aromatic heterocycles. The third-order valence-electron chi connectivity index (χ3n) is 3.98. The van der Waals surface area contributed by atoms with Crippen LogP contribution in [-0.4, -0.2) is 58.6 Å². The molecule has 0 bridgehead atoms. The molecule has 0 amide bonds. The second kappa shape index (κ2) is 12.5. The van der Waals surface area contributed by atoms with Gasteiger partial charge in [-0.25, -0.2) is 8.78 Å². The molecule has 0 saturated carbocycles. The maximum atomic E-state index is 13.5. The summed E-state index contributed by atoms with van der Waals surface area (Å²) in [5, 5.41) is 6.26. The maximum absolute atomic E-state index is 13.5. The Bertz CT molecular complexity index is 581. The molecule has 0 aliphatic carbocycles. The molecule has 1 fully saturated rings. The molecule has 1 atom stereocenters. The van der Waals surface area contributed by atoms with E-state index in [2.05, 4.69) is 15.6 Å². The van der Waals surface area contributed by atoms with E-state index in [0.29, 0.717) is 31.6 Å². The topological polar surface area (TPSA) is 64.1 Å². The van der Waals surface area contributed by atoms with Gasteiger partial charge in [-0.15, -0.1) is 0 Å². The number of hydrogen-bond donors (Lipinski definition) is 2. The minimum absolute atomic E-state index is 0.0324. The van der Waals surface area contributed by atoms with Crippen LogP contribution in [0.4, 0.5) is 8.78 Å². The molecular formula is C19H29F2N3O3. The fourth-order valence-corrected chi connectivity index (χ4v) is 2.59. The molecule has 27 heavy (non-hydrogen) atoms. The summed E-state index contributed by atoms with van der Waals surface area (Å²) in [6, 6.07) is 3.25. The molecule has 1 saturated heterocycles. The van der Waals surface area contributed by atoms with Gasteiger partial charge < -0.3 is 24.8 Å². The molecular weight excluding hydrogens is 356 g/mol. The molecule has 1 aromatic carbocycles. The first-order chi connectivity index (χ1) is 13.2. The van der Waals surface area contributed by atoms with E-state index in [1.807, 2.05) is 6.92 Å². The summed E-state index contributed by atoms with van der Waals surface area (Å²) in [6.07, 6.45) is 1.91. The highest BCUT2D eigenvalue weighted by molar-refractivity contribution is 5.79. The normalized spacial score (nSPS) is 17.1. The Kier molecular flexibility index (Phi) is 9.86. The lowest BCUT2D eigenvalue weighted by atomic mass is 10.1. The SMILES string of the molecule is CCNC(=NCCCOCC1CCOC1)NCCOc1ccc(F)cc1F. The van der Waals surface area contributed by atoms with E-state index in [1.165, 1.54) is 12.1 Å². The highest BCUT2D eigenvalue weighted by atomic mass is 19.1. The summed E-state index contributed by atoms with van der Waals surface area (Å²) >= 11 is 0. The molecule has 1 aliphatic rings. The molecule has 2 rings (SSSR count). The Morgan fingerprint density at radius 1 is 1.30 bits per heavy atom. The number of guanidine groups is 1. The lowest BCUT2D eigenvalue weighted by Gasteiger charge is -2.12. The van der Waals surface area contributed by atoms with Crippen molar-refractivity contribution in [2.75, 3.05) is 52.7 Å².